The molecule has 0 saturated heterocycles. The smallest absolute Gasteiger partial charge is 0.273 e. The van der Waals surface area contributed by atoms with Crippen LogP contribution in [0.3, 0.4) is 0 Å². The van der Waals surface area contributed by atoms with Gasteiger partial charge in [-0.05, 0) is 33.6 Å². The summed E-state index contributed by atoms with van der Waals surface area (Å²) in [7, 11) is 0. The molecule has 128 valence electrons. The number of hydrogen-bond acceptors (Lipinski definition) is 6. The summed E-state index contributed by atoms with van der Waals surface area (Å²) >= 11 is 1.45. The second-order valence-electron chi connectivity index (χ2n) is 6.23. The summed E-state index contributed by atoms with van der Waals surface area (Å²) in [5, 5.41) is 12.3. The van der Waals surface area contributed by atoms with E-state index in [1.165, 1.54) is 11.3 Å². The van der Waals surface area contributed by atoms with Crippen LogP contribution in [0.15, 0.2) is 9.90 Å². The van der Waals surface area contributed by atoms with Gasteiger partial charge in [0.15, 0.2) is 5.69 Å². The highest BCUT2D eigenvalue weighted by molar-refractivity contribution is 7.09. The van der Waals surface area contributed by atoms with Crippen LogP contribution in [0.1, 0.15) is 57.6 Å². The van der Waals surface area contributed by atoms with Gasteiger partial charge in [0.25, 0.3) is 11.8 Å². The fraction of sp³-hybridized carbons (Fsp3) is 0.500. The van der Waals surface area contributed by atoms with Crippen LogP contribution in [-0.2, 0) is 12.8 Å². The molecule has 2 amide bonds. The molecule has 2 aromatic heterocycles. The molecule has 0 aromatic carbocycles. The predicted octanol–water partition coefficient (Wildman–Crippen LogP) is 1.87. The summed E-state index contributed by atoms with van der Waals surface area (Å²) in [4.78, 5) is 28.7. The molecule has 2 aromatic rings. The molecule has 0 aliphatic heterocycles. The lowest BCUT2D eigenvalue weighted by atomic mass is 9.91. The number of nitrogens with zero attached hydrogens (tertiary/aromatic N) is 2. The van der Waals surface area contributed by atoms with Crippen molar-refractivity contribution in [3.63, 3.8) is 0 Å². The van der Waals surface area contributed by atoms with Gasteiger partial charge < -0.3 is 15.2 Å². The quantitative estimate of drug-likeness (QED) is 0.879. The zero-order valence-corrected chi connectivity index (χ0v) is 14.7. The van der Waals surface area contributed by atoms with Crippen molar-refractivity contribution in [1.82, 2.24) is 20.8 Å². The molecule has 1 atom stereocenters. The maximum Gasteiger partial charge on any atom is 0.273 e. The Morgan fingerprint density at radius 3 is 2.83 bits per heavy atom. The Balaban J connectivity index is 1.70. The zero-order chi connectivity index (χ0) is 17.3. The van der Waals surface area contributed by atoms with Gasteiger partial charge in [0.1, 0.15) is 11.5 Å². The molecule has 0 fully saturated rings. The maximum absolute atomic E-state index is 12.3. The number of fused-ring (bicyclic) bond motifs is 1. The molecular formula is C16H20N4O3S. The summed E-state index contributed by atoms with van der Waals surface area (Å²) < 4.78 is 5.30. The van der Waals surface area contributed by atoms with E-state index in [0.29, 0.717) is 24.2 Å². The number of thiazole rings is 1. The molecule has 2 heterocycles. The molecule has 3 rings (SSSR count). The molecule has 1 aliphatic rings. The van der Waals surface area contributed by atoms with Gasteiger partial charge in [-0.3, -0.25) is 9.59 Å². The van der Waals surface area contributed by atoms with Crippen LogP contribution in [0, 0.1) is 6.92 Å². The first-order valence-corrected chi connectivity index (χ1v) is 8.83. The molecule has 0 radical (unpaired) electrons. The van der Waals surface area contributed by atoms with E-state index < -0.39 is 0 Å². The molecule has 0 spiro atoms. The Morgan fingerprint density at radius 1 is 1.38 bits per heavy atom. The van der Waals surface area contributed by atoms with Gasteiger partial charge in [-0.2, -0.15) is 0 Å². The van der Waals surface area contributed by atoms with Crippen molar-refractivity contribution in [2.24, 2.45) is 0 Å². The highest BCUT2D eigenvalue weighted by atomic mass is 32.1. The average molecular weight is 348 g/mol. The number of carbonyl (C=O) groups is 2. The van der Waals surface area contributed by atoms with E-state index in [9.17, 15) is 9.59 Å². The van der Waals surface area contributed by atoms with Gasteiger partial charge in [-0.25, -0.2) is 4.98 Å². The molecule has 0 bridgehead atoms. The fourth-order valence-corrected chi connectivity index (χ4v) is 3.36. The Morgan fingerprint density at radius 2 is 2.17 bits per heavy atom. The Labute approximate surface area is 143 Å². The van der Waals surface area contributed by atoms with E-state index in [1.54, 1.807) is 5.38 Å². The summed E-state index contributed by atoms with van der Waals surface area (Å²) in [6.45, 7) is 5.65. The first kappa shape index (κ1) is 16.6. The molecule has 24 heavy (non-hydrogen) atoms. The predicted molar refractivity (Wildman–Crippen MR) is 89.2 cm³/mol. The van der Waals surface area contributed by atoms with E-state index in [-0.39, 0.29) is 23.9 Å². The van der Waals surface area contributed by atoms with Crippen molar-refractivity contribution in [2.75, 3.05) is 0 Å². The molecule has 1 unspecified atom stereocenters. The van der Waals surface area contributed by atoms with Crippen molar-refractivity contribution >= 4 is 23.2 Å². The maximum atomic E-state index is 12.3. The number of aryl methyl sites for hydroxylation is 2. The van der Waals surface area contributed by atoms with Gasteiger partial charge >= 0.3 is 0 Å². The van der Waals surface area contributed by atoms with E-state index in [0.717, 1.165) is 22.8 Å². The lowest BCUT2D eigenvalue weighted by molar-refractivity contribution is 0.0925. The normalized spacial score (nSPS) is 16.8. The number of aromatic nitrogens is 2. The highest BCUT2D eigenvalue weighted by Crippen LogP contribution is 2.25. The van der Waals surface area contributed by atoms with Crippen LogP contribution in [0.25, 0.3) is 0 Å². The van der Waals surface area contributed by atoms with Crippen LogP contribution in [0.4, 0.5) is 0 Å². The Kier molecular flexibility index (Phi) is 4.66. The summed E-state index contributed by atoms with van der Waals surface area (Å²) in [6.07, 6.45) is 1.94. The van der Waals surface area contributed by atoms with E-state index in [1.807, 2.05) is 20.8 Å². The van der Waals surface area contributed by atoms with E-state index in [4.69, 9.17) is 4.52 Å². The number of carbonyl (C=O) groups excluding carboxylic acids is 2. The Bertz CT molecular complexity index is 765. The van der Waals surface area contributed by atoms with Crippen molar-refractivity contribution < 1.29 is 14.1 Å². The number of amides is 2. The summed E-state index contributed by atoms with van der Waals surface area (Å²) in [5.41, 5.74) is 1.55. The van der Waals surface area contributed by atoms with Crippen molar-refractivity contribution in [3.05, 3.63) is 33.1 Å². The monoisotopic (exact) mass is 348 g/mol. The SMILES string of the molecule is Cc1nc(C(=O)NC2CCc3onc(C(=O)NC(C)C)c3C2)cs1. The third-order valence-electron chi connectivity index (χ3n) is 3.86. The second kappa shape index (κ2) is 6.72. The number of hydrogen-bond donors (Lipinski definition) is 2. The fourth-order valence-electron chi connectivity index (χ4n) is 2.76. The molecule has 0 saturated carbocycles. The van der Waals surface area contributed by atoms with Crippen LogP contribution in [0.5, 0.6) is 0 Å². The average Bonchev–Trinajstić information content (AvgIpc) is 3.12. The minimum Gasteiger partial charge on any atom is -0.360 e. The van der Waals surface area contributed by atoms with Gasteiger partial charge in [0.05, 0.1) is 5.01 Å². The van der Waals surface area contributed by atoms with Gasteiger partial charge in [0, 0.05) is 29.4 Å². The summed E-state index contributed by atoms with van der Waals surface area (Å²) in [5.74, 6) is 0.313. The van der Waals surface area contributed by atoms with Crippen LogP contribution < -0.4 is 10.6 Å². The van der Waals surface area contributed by atoms with Crippen molar-refractivity contribution in [3.8, 4) is 0 Å². The van der Waals surface area contributed by atoms with Gasteiger partial charge in [-0.1, -0.05) is 5.16 Å². The molecule has 1 aliphatic carbocycles. The third kappa shape index (κ3) is 3.48. The lowest BCUT2D eigenvalue weighted by Crippen LogP contribution is -2.39. The third-order valence-corrected chi connectivity index (χ3v) is 4.64. The topological polar surface area (TPSA) is 97.1 Å². The second-order valence-corrected chi connectivity index (χ2v) is 7.29. The zero-order valence-electron chi connectivity index (χ0n) is 13.9. The van der Waals surface area contributed by atoms with E-state index in [2.05, 4.69) is 20.8 Å². The van der Waals surface area contributed by atoms with E-state index >= 15 is 0 Å². The standard InChI is InChI=1S/C16H20N4O3S/c1-8(2)17-16(22)14-11-6-10(4-5-13(11)23-20-14)19-15(21)12-7-24-9(3)18-12/h7-8,10H,4-6H2,1-3H3,(H,17,22)(H,19,21). The van der Waals surface area contributed by atoms with Crippen LogP contribution >= 0.6 is 11.3 Å². The van der Waals surface area contributed by atoms with Crippen molar-refractivity contribution in [1.29, 1.82) is 0 Å². The lowest BCUT2D eigenvalue weighted by Gasteiger charge is -2.22. The first-order chi connectivity index (χ1) is 11.4. The largest absolute Gasteiger partial charge is 0.360 e. The van der Waals surface area contributed by atoms with Crippen LogP contribution in [-0.4, -0.2) is 34.0 Å². The highest BCUT2D eigenvalue weighted by Gasteiger charge is 2.30. The number of nitrogens with one attached hydrogen (secondary N) is 2. The van der Waals surface area contributed by atoms with Crippen molar-refractivity contribution in [2.45, 2.75) is 52.1 Å². The summed E-state index contributed by atoms with van der Waals surface area (Å²) in [6, 6.07) is -0.0335. The Hall–Kier alpha value is -2.22. The van der Waals surface area contributed by atoms with Gasteiger partial charge in [0.2, 0.25) is 0 Å². The van der Waals surface area contributed by atoms with Crippen LogP contribution in [0.2, 0.25) is 0 Å². The minimum atomic E-state index is -0.239. The molecular weight excluding hydrogens is 328 g/mol. The first-order valence-electron chi connectivity index (χ1n) is 7.95. The number of rotatable bonds is 4. The minimum absolute atomic E-state index is 0.0249. The van der Waals surface area contributed by atoms with Gasteiger partial charge in [-0.15, -0.1) is 11.3 Å². The molecule has 2 N–H and O–H groups in total. The molecule has 7 nitrogen and oxygen atoms in total. The molecule has 8 heteroatoms.